The van der Waals surface area contributed by atoms with E-state index in [4.69, 9.17) is 4.74 Å². The summed E-state index contributed by atoms with van der Waals surface area (Å²) >= 11 is 0. The summed E-state index contributed by atoms with van der Waals surface area (Å²) in [4.78, 5) is 17.3. The molecule has 0 unspecified atom stereocenters. The monoisotopic (exact) mass is 384 g/mol. The number of hydrogen-bond donors (Lipinski definition) is 1. The molecule has 144 valence electrons. The van der Waals surface area contributed by atoms with Crippen LogP contribution in [0.2, 0.25) is 0 Å². The molecule has 0 aliphatic carbocycles. The fourth-order valence-electron chi connectivity index (χ4n) is 2.94. The average Bonchev–Trinajstić information content (AvgIpc) is 3.21. The van der Waals surface area contributed by atoms with Crippen LogP contribution in [0.25, 0.3) is 17.1 Å². The molecule has 0 fully saturated rings. The van der Waals surface area contributed by atoms with Crippen molar-refractivity contribution in [3.63, 3.8) is 0 Å². The first-order chi connectivity index (χ1) is 14.1. The quantitative estimate of drug-likeness (QED) is 0.550. The van der Waals surface area contributed by atoms with Crippen LogP contribution in [0.5, 0.6) is 5.75 Å². The van der Waals surface area contributed by atoms with Crippen molar-refractivity contribution in [3.8, 4) is 22.8 Å². The Kier molecular flexibility index (Phi) is 5.07. The molecule has 0 aliphatic rings. The summed E-state index contributed by atoms with van der Waals surface area (Å²) in [5, 5.41) is 7.32. The van der Waals surface area contributed by atoms with E-state index in [9.17, 15) is 4.79 Å². The van der Waals surface area contributed by atoms with Crippen LogP contribution >= 0.6 is 0 Å². The predicted octanol–water partition coefficient (Wildman–Crippen LogP) is 4.50. The Balaban J connectivity index is 1.72. The van der Waals surface area contributed by atoms with E-state index < -0.39 is 0 Å². The van der Waals surface area contributed by atoms with Crippen LogP contribution < -0.4 is 10.1 Å². The number of ether oxygens (including phenoxy) is 1. The van der Waals surface area contributed by atoms with E-state index in [1.807, 2.05) is 73.7 Å². The number of nitrogens with zero attached hydrogens (tertiary/aromatic N) is 3. The van der Waals surface area contributed by atoms with Crippen molar-refractivity contribution in [1.29, 1.82) is 0 Å². The molecule has 0 spiro atoms. The SMILES string of the molecule is COc1cccc(NC(=O)c2nc(-c3ccccc3)n(-c3ccc(C)cc3)n2)c1. The van der Waals surface area contributed by atoms with Gasteiger partial charge in [0.05, 0.1) is 12.8 Å². The second-order valence-electron chi connectivity index (χ2n) is 6.56. The summed E-state index contributed by atoms with van der Waals surface area (Å²) in [5.74, 6) is 0.963. The summed E-state index contributed by atoms with van der Waals surface area (Å²) in [5.41, 5.74) is 3.47. The molecule has 0 saturated carbocycles. The Morgan fingerprint density at radius 1 is 0.966 bits per heavy atom. The third kappa shape index (κ3) is 4.01. The average molecular weight is 384 g/mol. The van der Waals surface area contributed by atoms with Gasteiger partial charge in [-0.25, -0.2) is 9.67 Å². The molecular formula is C23H20N4O2. The normalized spacial score (nSPS) is 10.6. The number of aryl methyl sites for hydroxylation is 1. The molecule has 0 saturated heterocycles. The number of benzene rings is 3. The molecule has 6 nitrogen and oxygen atoms in total. The minimum Gasteiger partial charge on any atom is -0.497 e. The lowest BCUT2D eigenvalue weighted by Gasteiger charge is -2.06. The molecule has 0 aliphatic heterocycles. The van der Waals surface area contributed by atoms with Crippen LogP contribution in [0.4, 0.5) is 5.69 Å². The number of carbonyl (C=O) groups is 1. The van der Waals surface area contributed by atoms with Crippen molar-refractivity contribution in [3.05, 3.63) is 90.3 Å². The van der Waals surface area contributed by atoms with Gasteiger partial charge in [0.25, 0.3) is 5.91 Å². The van der Waals surface area contributed by atoms with Gasteiger partial charge >= 0.3 is 0 Å². The molecule has 4 aromatic rings. The Hall–Kier alpha value is -3.93. The highest BCUT2D eigenvalue weighted by Crippen LogP contribution is 2.22. The van der Waals surface area contributed by atoms with E-state index in [-0.39, 0.29) is 11.7 Å². The summed E-state index contributed by atoms with van der Waals surface area (Å²) in [7, 11) is 1.58. The minimum absolute atomic E-state index is 0.0900. The molecule has 1 amide bonds. The van der Waals surface area contributed by atoms with Gasteiger partial charge in [0, 0.05) is 17.3 Å². The highest BCUT2D eigenvalue weighted by Gasteiger charge is 2.19. The number of nitrogens with one attached hydrogen (secondary N) is 1. The fourth-order valence-corrected chi connectivity index (χ4v) is 2.94. The van der Waals surface area contributed by atoms with Gasteiger partial charge in [0.2, 0.25) is 5.82 Å². The Morgan fingerprint density at radius 3 is 2.45 bits per heavy atom. The van der Waals surface area contributed by atoms with E-state index in [0.717, 1.165) is 16.8 Å². The third-order valence-electron chi connectivity index (χ3n) is 4.45. The summed E-state index contributed by atoms with van der Waals surface area (Å²) in [6, 6.07) is 24.8. The highest BCUT2D eigenvalue weighted by atomic mass is 16.5. The Bertz CT molecular complexity index is 1140. The molecule has 1 N–H and O–H groups in total. The van der Waals surface area contributed by atoms with Gasteiger partial charge in [0.1, 0.15) is 5.75 Å². The molecular weight excluding hydrogens is 364 g/mol. The number of amides is 1. The van der Waals surface area contributed by atoms with Gasteiger partial charge in [-0.2, -0.15) is 0 Å². The maximum atomic E-state index is 12.8. The standard InChI is InChI=1S/C23H20N4O2/c1-16-11-13-19(14-12-16)27-22(17-7-4-3-5-8-17)25-21(26-27)23(28)24-18-9-6-10-20(15-18)29-2/h3-15H,1-2H3,(H,24,28). The maximum Gasteiger partial charge on any atom is 0.295 e. The van der Waals surface area contributed by atoms with Crippen LogP contribution in [0.15, 0.2) is 78.9 Å². The van der Waals surface area contributed by atoms with Gasteiger partial charge in [-0.05, 0) is 31.2 Å². The summed E-state index contributed by atoms with van der Waals surface area (Å²) in [6.45, 7) is 2.02. The van der Waals surface area contributed by atoms with Crippen molar-refractivity contribution in [2.45, 2.75) is 6.92 Å². The topological polar surface area (TPSA) is 69.0 Å². The van der Waals surface area contributed by atoms with Crippen LogP contribution in [-0.2, 0) is 0 Å². The van der Waals surface area contributed by atoms with Crippen molar-refractivity contribution >= 4 is 11.6 Å². The molecule has 1 heterocycles. The van der Waals surface area contributed by atoms with Crippen LogP contribution in [0.1, 0.15) is 16.2 Å². The molecule has 0 bridgehead atoms. The van der Waals surface area contributed by atoms with Crippen molar-refractivity contribution in [2.24, 2.45) is 0 Å². The second-order valence-corrected chi connectivity index (χ2v) is 6.56. The molecule has 0 radical (unpaired) electrons. The van der Waals surface area contributed by atoms with Crippen molar-refractivity contribution in [1.82, 2.24) is 14.8 Å². The first-order valence-corrected chi connectivity index (χ1v) is 9.19. The lowest BCUT2D eigenvalue weighted by molar-refractivity contribution is 0.101. The smallest absolute Gasteiger partial charge is 0.295 e. The lowest BCUT2D eigenvalue weighted by atomic mass is 10.2. The first kappa shape index (κ1) is 18.4. The number of carbonyl (C=O) groups excluding carboxylic acids is 1. The largest absolute Gasteiger partial charge is 0.497 e. The van der Waals surface area contributed by atoms with Crippen LogP contribution in [0, 0.1) is 6.92 Å². The van der Waals surface area contributed by atoms with Crippen LogP contribution in [0.3, 0.4) is 0 Å². The van der Waals surface area contributed by atoms with E-state index in [2.05, 4.69) is 15.4 Å². The zero-order valence-corrected chi connectivity index (χ0v) is 16.2. The van der Waals surface area contributed by atoms with E-state index in [0.29, 0.717) is 17.3 Å². The molecule has 6 heteroatoms. The maximum absolute atomic E-state index is 12.8. The van der Waals surface area contributed by atoms with E-state index >= 15 is 0 Å². The number of aromatic nitrogens is 3. The predicted molar refractivity (Wildman–Crippen MR) is 112 cm³/mol. The third-order valence-corrected chi connectivity index (χ3v) is 4.45. The molecule has 0 atom stereocenters. The Labute approximate surface area is 168 Å². The number of rotatable bonds is 5. The number of methoxy groups -OCH3 is 1. The number of anilines is 1. The van der Waals surface area contributed by atoms with Crippen molar-refractivity contribution in [2.75, 3.05) is 12.4 Å². The zero-order chi connectivity index (χ0) is 20.2. The molecule has 29 heavy (non-hydrogen) atoms. The Morgan fingerprint density at radius 2 is 1.72 bits per heavy atom. The van der Waals surface area contributed by atoms with Gasteiger partial charge in [0.15, 0.2) is 5.82 Å². The first-order valence-electron chi connectivity index (χ1n) is 9.19. The molecule has 1 aromatic heterocycles. The van der Waals surface area contributed by atoms with E-state index in [1.54, 1.807) is 23.9 Å². The zero-order valence-electron chi connectivity index (χ0n) is 16.2. The summed E-state index contributed by atoms with van der Waals surface area (Å²) < 4.78 is 6.89. The van der Waals surface area contributed by atoms with Gasteiger partial charge in [-0.3, -0.25) is 4.79 Å². The summed E-state index contributed by atoms with van der Waals surface area (Å²) in [6.07, 6.45) is 0. The minimum atomic E-state index is -0.388. The van der Waals surface area contributed by atoms with Gasteiger partial charge < -0.3 is 10.1 Å². The molecule has 3 aromatic carbocycles. The van der Waals surface area contributed by atoms with Crippen LogP contribution in [-0.4, -0.2) is 27.8 Å². The molecule has 4 rings (SSSR count). The lowest BCUT2D eigenvalue weighted by Crippen LogP contribution is -2.14. The number of hydrogen-bond acceptors (Lipinski definition) is 4. The highest BCUT2D eigenvalue weighted by molar-refractivity contribution is 6.01. The van der Waals surface area contributed by atoms with E-state index in [1.165, 1.54) is 0 Å². The van der Waals surface area contributed by atoms with Gasteiger partial charge in [-0.15, -0.1) is 5.10 Å². The van der Waals surface area contributed by atoms with Crippen molar-refractivity contribution < 1.29 is 9.53 Å². The fraction of sp³-hybridized carbons (Fsp3) is 0.0870. The van der Waals surface area contributed by atoms with Gasteiger partial charge in [-0.1, -0.05) is 54.1 Å². The second kappa shape index (κ2) is 7.98.